The van der Waals surface area contributed by atoms with Gasteiger partial charge in [-0.15, -0.1) is 0 Å². The second-order valence-electron chi connectivity index (χ2n) is 5.58. The molecule has 2 amide bonds. The van der Waals surface area contributed by atoms with Crippen molar-refractivity contribution in [3.63, 3.8) is 0 Å². The fraction of sp³-hybridized carbons (Fsp3) is 0.211. The predicted octanol–water partition coefficient (Wildman–Crippen LogP) is 2.32. The van der Waals surface area contributed by atoms with E-state index in [4.69, 9.17) is 10.5 Å². The van der Waals surface area contributed by atoms with Crippen molar-refractivity contribution in [2.75, 3.05) is 11.9 Å². The highest BCUT2D eigenvalue weighted by molar-refractivity contribution is 5.94. The number of ketones is 1. The topological polar surface area (TPSA) is 98.5 Å². The molecule has 2 rings (SSSR count). The molecule has 0 atom stereocenters. The van der Waals surface area contributed by atoms with Gasteiger partial charge in [-0.25, -0.2) is 0 Å². The molecule has 6 nitrogen and oxygen atoms in total. The number of aryl methyl sites for hydroxylation is 1. The summed E-state index contributed by atoms with van der Waals surface area (Å²) in [6.45, 7) is 1.33. The normalized spacial score (nSPS) is 10.1. The molecule has 0 saturated heterocycles. The summed E-state index contributed by atoms with van der Waals surface area (Å²) in [4.78, 5) is 33.9. The number of carbonyl (C=O) groups excluding carboxylic acids is 3. The molecule has 0 saturated carbocycles. The van der Waals surface area contributed by atoms with Crippen molar-refractivity contribution >= 4 is 23.3 Å². The van der Waals surface area contributed by atoms with Gasteiger partial charge in [0.15, 0.2) is 12.4 Å². The smallest absolute Gasteiger partial charge is 0.255 e. The zero-order valence-corrected chi connectivity index (χ0v) is 14.0. The summed E-state index contributed by atoms with van der Waals surface area (Å²) in [5.74, 6) is -0.134. The van der Waals surface area contributed by atoms with Gasteiger partial charge in [0.05, 0.1) is 0 Å². The van der Waals surface area contributed by atoms with Crippen molar-refractivity contribution in [2.24, 2.45) is 5.73 Å². The summed E-state index contributed by atoms with van der Waals surface area (Å²) >= 11 is 0. The van der Waals surface area contributed by atoms with Gasteiger partial charge in [0.1, 0.15) is 5.75 Å². The van der Waals surface area contributed by atoms with Crippen LogP contribution in [0.3, 0.4) is 0 Å². The summed E-state index contributed by atoms with van der Waals surface area (Å²) in [5.41, 5.74) is 7.30. The first-order valence-electron chi connectivity index (χ1n) is 7.85. The molecule has 2 aromatic rings. The number of ether oxygens (including phenoxy) is 1. The van der Waals surface area contributed by atoms with Crippen LogP contribution < -0.4 is 15.8 Å². The molecular formula is C19H20N2O4. The quantitative estimate of drug-likeness (QED) is 0.721. The minimum absolute atomic E-state index is 0.0209. The van der Waals surface area contributed by atoms with E-state index in [0.717, 1.165) is 5.56 Å². The van der Waals surface area contributed by atoms with E-state index in [2.05, 4.69) is 5.32 Å². The zero-order valence-electron chi connectivity index (χ0n) is 14.0. The van der Waals surface area contributed by atoms with Crippen LogP contribution in [0, 0.1) is 0 Å². The largest absolute Gasteiger partial charge is 0.484 e. The third-order valence-corrected chi connectivity index (χ3v) is 3.52. The van der Waals surface area contributed by atoms with Gasteiger partial charge in [-0.1, -0.05) is 24.3 Å². The van der Waals surface area contributed by atoms with Gasteiger partial charge in [-0.2, -0.15) is 0 Å². The van der Waals surface area contributed by atoms with E-state index in [1.54, 1.807) is 36.4 Å². The number of nitrogens with two attached hydrogens (primary N) is 1. The standard InChI is InChI=1S/C19H20N2O4/c1-13(22)15-5-2-14(3-6-15)4-11-19(24)21-16-7-9-17(10-8-16)25-12-18(20)23/h2-3,5-10H,4,11-12H2,1H3,(H2,20,23)(H,21,24). The summed E-state index contributed by atoms with van der Waals surface area (Å²) in [6, 6.07) is 13.9. The Kier molecular flexibility index (Phi) is 6.28. The van der Waals surface area contributed by atoms with E-state index in [1.165, 1.54) is 6.92 Å². The van der Waals surface area contributed by atoms with E-state index < -0.39 is 5.91 Å². The van der Waals surface area contributed by atoms with Crippen LogP contribution in [0.25, 0.3) is 0 Å². The van der Waals surface area contributed by atoms with Crippen molar-refractivity contribution in [1.29, 1.82) is 0 Å². The molecule has 130 valence electrons. The van der Waals surface area contributed by atoms with Crippen molar-refractivity contribution < 1.29 is 19.1 Å². The third kappa shape index (κ3) is 6.10. The average molecular weight is 340 g/mol. The molecule has 0 spiro atoms. The fourth-order valence-corrected chi connectivity index (χ4v) is 2.18. The number of primary amides is 1. The Morgan fingerprint density at radius 3 is 2.20 bits per heavy atom. The molecule has 0 radical (unpaired) electrons. The van der Waals surface area contributed by atoms with Crippen LogP contribution in [0.2, 0.25) is 0 Å². The first kappa shape index (κ1) is 18.2. The van der Waals surface area contributed by atoms with Gasteiger partial charge in [-0.05, 0) is 43.2 Å². The van der Waals surface area contributed by atoms with E-state index in [1.807, 2.05) is 12.1 Å². The number of amides is 2. The molecule has 0 aliphatic carbocycles. The van der Waals surface area contributed by atoms with Crippen LogP contribution in [0.5, 0.6) is 5.75 Å². The number of hydrogen-bond donors (Lipinski definition) is 2. The van der Waals surface area contributed by atoms with E-state index >= 15 is 0 Å². The zero-order chi connectivity index (χ0) is 18.2. The number of nitrogens with one attached hydrogen (secondary N) is 1. The van der Waals surface area contributed by atoms with E-state index in [-0.39, 0.29) is 18.3 Å². The Bertz CT molecular complexity index is 752. The van der Waals surface area contributed by atoms with Crippen LogP contribution in [0.15, 0.2) is 48.5 Å². The first-order valence-corrected chi connectivity index (χ1v) is 7.85. The molecule has 0 aliphatic heterocycles. The van der Waals surface area contributed by atoms with Gasteiger partial charge in [-0.3, -0.25) is 14.4 Å². The Hall–Kier alpha value is -3.15. The molecule has 0 aromatic heterocycles. The minimum Gasteiger partial charge on any atom is -0.484 e. The molecule has 0 unspecified atom stereocenters. The lowest BCUT2D eigenvalue weighted by Crippen LogP contribution is -2.20. The fourth-order valence-electron chi connectivity index (χ4n) is 2.18. The molecule has 6 heteroatoms. The van der Waals surface area contributed by atoms with Crippen molar-refractivity contribution in [2.45, 2.75) is 19.8 Å². The van der Waals surface area contributed by atoms with Gasteiger partial charge in [0.2, 0.25) is 5.91 Å². The lowest BCUT2D eigenvalue weighted by Gasteiger charge is -2.07. The monoisotopic (exact) mass is 340 g/mol. The molecule has 0 fully saturated rings. The second-order valence-corrected chi connectivity index (χ2v) is 5.58. The van der Waals surface area contributed by atoms with Gasteiger partial charge in [0, 0.05) is 17.7 Å². The summed E-state index contributed by atoms with van der Waals surface area (Å²) < 4.78 is 5.15. The molecule has 0 bridgehead atoms. The maximum absolute atomic E-state index is 12.0. The first-order chi connectivity index (χ1) is 11.9. The van der Waals surface area contributed by atoms with Crippen LogP contribution in [0.4, 0.5) is 5.69 Å². The molecule has 3 N–H and O–H groups in total. The minimum atomic E-state index is -0.547. The Labute approximate surface area is 146 Å². The van der Waals surface area contributed by atoms with Crippen LogP contribution in [0.1, 0.15) is 29.3 Å². The number of hydrogen-bond acceptors (Lipinski definition) is 4. The van der Waals surface area contributed by atoms with Crippen LogP contribution >= 0.6 is 0 Å². The molecule has 2 aromatic carbocycles. The number of benzene rings is 2. The number of carbonyl (C=O) groups is 3. The predicted molar refractivity (Wildman–Crippen MR) is 94.5 cm³/mol. The number of anilines is 1. The van der Waals surface area contributed by atoms with E-state index in [9.17, 15) is 14.4 Å². The molecule has 0 aliphatic rings. The average Bonchev–Trinajstić information content (AvgIpc) is 2.59. The van der Waals surface area contributed by atoms with Crippen molar-refractivity contribution in [3.8, 4) is 5.75 Å². The van der Waals surface area contributed by atoms with Gasteiger partial charge < -0.3 is 15.8 Å². The molecule has 0 heterocycles. The summed E-state index contributed by atoms with van der Waals surface area (Å²) in [7, 11) is 0. The van der Waals surface area contributed by atoms with E-state index in [0.29, 0.717) is 29.8 Å². The molecular weight excluding hydrogens is 320 g/mol. The summed E-state index contributed by atoms with van der Waals surface area (Å²) in [6.07, 6.45) is 0.920. The van der Waals surface area contributed by atoms with Crippen molar-refractivity contribution in [1.82, 2.24) is 0 Å². The Balaban J connectivity index is 1.81. The maximum Gasteiger partial charge on any atom is 0.255 e. The SMILES string of the molecule is CC(=O)c1ccc(CCC(=O)Nc2ccc(OCC(N)=O)cc2)cc1. The maximum atomic E-state index is 12.0. The Morgan fingerprint density at radius 1 is 1.00 bits per heavy atom. The molecule has 25 heavy (non-hydrogen) atoms. The van der Waals surface area contributed by atoms with Crippen LogP contribution in [-0.4, -0.2) is 24.2 Å². The van der Waals surface area contributed by atoms with Gasteiger partial charge >= 0.3 is 0 Å². The highest BCUT2D eigenvalue weighted by atomic mass is 16.5. The number of Topliss-reactive ketones (excluding diaryl/α,β-unsaturated/α-hetero) is 1. The summed E-state index contributed by atoms with van der Waals surface area (Å²) in [5, 5.41) is 2.79. The highest BCUT2D eigenvalue weighted by Crippen LogP contribution is 2.16. The Morgan fingerprint density at radius 2 is 1.64 bits per heavy atom. The lowest BCUT2D eigenvalue weighted by atomic mass is 10.1. The second kappa shape index (κ2) is 8.63. The lowest BCUT2D eigenvalue weighted by molar-refractivity contribution is -0.120. The highest BCUT2D eigenvalue weighted by Gasteiger charge is 2.05. The van der Waals surface area contributed by atoms with Crippen LogP contribution in [-0.2, 0) is 16.0 Å². The number of rotatable bonds is 8. The van der Waals surface area contributed by atoms with Crippen molar-refractivity contribution in [3.05, 3.63) is 59.7 Å². The van der Waals surface area contributed by atoms with Gasteiger partial charge in [0.25, 0.3) is 5.91 Å². The third-order valence-electron chi connectivity index (χ3n) is 3.52.